The topological polar surface area (TPSA) is 38.3 Å². The Kier molecular flexibility index (Phi) is 5.34. The van der Waals surface area contributed by atoms with Gasteiger partial charge in [-0.3, -0.25) is 4.79 Å². The molecule has 0 saturated heterocycles. The number of fused-ring (bicyclic) bond motifs is 1. The minimum Gasteiger partial charge on any atom is -0.483 e. The molecule has 138 valence electrons. The van der Waals surface area contributed by atoms with Crippen molar-refractivity contribution in [2.24, 2.45) is 0 Å². The third kappa shape index (κ3) is 4.04. The van der Waals surface area contributed by atoms with Gasteiger partial charge < -0.3 is 10.1 Å². The van der Waals surface area contributed by atoms with Crippen molar-refractivity contribution in [2.45, 2.75) is 6.04 Å². The van der Waals surface area contributed by atoms with E-state index in [1.807, 2.05) is 103 Å². The molecule has 0 aliphatic carbocycles. The molecule has 1 N–H and O–H groups in total. The lowest BCUT2D eigenvalue weighted by Gasteiger charge is -2.20. The molecule has 0 aliphatic heterocycles. The van der Waals surface area contributed by atoms with Crippen LogP contribution in [0.2, 0.25) is 0 Å². The minimum atomic E-state index is -0.217. The number of rotatable bonds is 6. The second kappa shape index (κ2) is 8.40. The molecule has 4 aromatic rings. The van der Waals surface area contributed by atoms with Gasteiger partial charge in [0.2, 0.25) is 0 Å². The van der Waals surface area contributed by atoms with Gasteiger partial charge >= 0.3 is 0 Å². The molecule has 0 aromatic heterocycles. The molecule has 0 unspecified atom stereocenters. The Morgan fingerprint density at radius 3 is 1.96 bits per heavy atom. The summed E-state index contributed by atoms with van der Waals surface area (Å²) in [4.78, 5) is 12.7. The molecule has 3 heteroatoms. The molecule has 0 radical (unpaired) electrons. The SMILES string of the molecule is O=C(COc1cccc2ccccc12)NC(c1ccccc1)c1ccccc1. The van der Waals surface area contributed by atoms with Gasteiger partial charge in [0.15, 0.2) is 6.61 Å². The highest BCUT2D eigenvalue weighted by molar-refractivity contribution is 5.88. The zero-order valence-electron chi connectivity index (χ0n) is 15.4. The Bertz CT molecular complexity index is 1020. The van der Waals surface area contributed by atoms with E-state index >= 15 is 0 Å². The Labute approximate surface area is 164 Å². The molecular weight excluding hydrogens is 346 g/mol. The van der Waals surface area contributed by atoms with Crippen LogP contribution in [0.1, 0.15) is 17.2 Å². The van der Waals surface area contributed by atoms with Gasteiger partial charge in [-0.2, -0.15) is 0 Å². The van der Waals surface area contributed by atoms with Gasteiger partial charge in [0, 0.05) is 5.39 Å². The van der Waals surface area contributed by atoms with Crippen molar-refractivity contribution in [2.75, 3.05) is 6.61 Å². The highest BCUT2D eigenvalue weighted by Gasteiger charge is 2.17. The summed E-state index contributed by atoms with van der Waals surface area (Å²) >= 11 is 0. The van der Waals surface area contributed by atoms with Crippen LogP contribution in [-0.2, 0) is 4.79 Å². The molecule has 4 aromatic carbocycles. The maximum atomic E-state index is 12.7. The lowest BCUT2D eigenvalue weighted by atomic mass is 9.99. The number of nitrogens with one attached hydrogen (secondary N) is 1. The van der Waals surface area contributed by atoms with Gasteiger partial charge in [-0.1, -0.05) is 97.1 Å². The number of ether oxygens (including phenoxy) is 1. The average molecular weight is 367 g/mol. The third-order valence-corrected chi connectivity index (χ3v) is 4.68. The monoisotopic (exact) mass is 367 g/mol. The Balaban J connectivity index is 1.50. The lowest BCUT2D eigenvalue weighted by Crippen LogP contribution is -2.33. The zero-order valence-corrected chi connectivity index (χ0v) is 15.4. The molecular formula is C25H21NO2. The standard InChI is InChI=1S/C25H21NO2/c27-24(18-28-23-17-9-15-19-10-7-8-16-22(19)23)26-25(20-11-3-1-4-12-20)21-13-5-2-6-14-21/h1-17,25H,18H2,(H,26,27). The van der Waals surface area contributed by atoms with Crippen molar-refractivity contribution in [3.63, 3.8) is 0 Å². The van der Waals surface area contributed by atoms with Crippen LogP contribution < -0.4 is 10.1 Å². The largest absolute Gasteiger partial charge is 0.483 e. The first kappa shape index (κ1) is 17.8. The highest BCUT2D eigenvalue weighted by atomic mass is 16.5. The minimum absolute atomic E-state index is 0.0375. The average Bonchev–Trinajstić information content (AvgIpc) is 2.77. The van der Waals surface area contributed by atoms with Crippen molar-refractivity contribution >= 4 is 16.7 Å². The van der Waals surface area contributed by atoms with Gasteiger partial charge in [-0.25, -0.2) is 0 Å². The first-order chi connectivity index (χ1) is 13.8. The van der Waals surface area contributed by atoms with Gasteiger partial charge in [0.05, 0.1) is 6.04 Å². The van der Waals surface area contributed by atoms with E-state index in [4.69, 9.17) is 4.74 Å². The molecule has 4 rings (SSSR count). The van der Waals surface area contributed by atoms with Gasteiger partial charge in [0.25, 0.3) is 5.91 Å². The van der Waals surface area contributed by atoms with Crippen molar-refractivity contribution in [1.29, 1.82) is 0 Å². The number of carbonyl (C=O) groups is 1. The molecule has 3 nitrogen and oxygen atoms in total. The van der Waals surface area contributed by atoms with E-state index in [0.717, 1.165) is 21.9 Å². The Morgan fingerprint density at radius 1 is 0.714 bits per heavy atom. The van der Waals surface area contributed by atoms with Crippen LogP contribution in [0.4, 0.5) is 0 Å². The van der Waals surface area contributed by atoms with Gasteiger partial charge in [0.1, 0.15) is 5.75 Å². The number of carbonyl (C=O) groups excluding carboxylic acids is 1. The van der Waals surface area contributed by atoms with Crippen LogP contribution >= 0.6 is 0 Å². The molecule has 0 spiro atoms. The summed E-state index contributed by atoms with van der Waals surface area (Å²) in [5.74, 6) is 0.551. The second-order valence-corrected chi connectivity index (χ2v) is 6.59. The second-order valence-electron chi connectivity index (χ2n) is 6.59. The summed E-state index contributed by atoms with van der Waals surface area (Å²) < 4.78 is 5.84. The van der Waals surface area contributed by atoms with Crippen LogP contribution in [0.15, 0.2) is 103 Å². The normalized spacial score (nSPS) is 10.8. The highest BCUT2D eigenvalue weighted by Crippen LogP contribution is 2.25. The number of benzene rings is 4. The summed E-state index contributed by atoms with van der Waals surface area (Å²) in [6, 6.07) is 33.5. The van der Waals surface area contributed by atoms with Crippen LogP contribution in [-0.4, -0.2) is 12.5 Å². The summed E-state index contributed by atoms with van der Waals surface area (Å²) in [7, 11) is 0. The van der Waals surface area contributed by atoms with E-state index in [9.17, 15) is 4.79 Å². The molecule has 0 heterocycles. The lowest BCUT2D eigenvalue weighted by molar-refractivity contribution is -0.123. The van der Waals surface area contributed by atoms with E-state index in [2.05, 4.69) is 5.32 Å². The number of hydrogen-bond acceptors (Lipinski definition) is 2. The number of hydrogen-bond donors (Lipinski definition) is 1. The van der Waals surface area contributed by atoms with E-state index < -0.39 is 0 Å². The predicted molar refractivity (Wildman–Crippen MR) is 112 cm³/mol. The van der Waals surface area contributed by atoms with E-state index in [-0.39, 0.29) is 18.6 Å². The van der Waals surface area contributed by atoms with Crippen LogP contribution in [0, 0.1) is 0 Å². The van der Waals surface area contributed by atoms with Crippen molar-refractivity contribution in [3.05, 3.63) is 114 Å². The van der Waals surface area contributed by atoms with E-state index in [1.165, 1.54) is 0 Å². The Hall–Kier alpha value is -3.59. The molecule has 0 aliphatic rings. The Morgan fingerprint density at radius 2 is 1.29 bits per heavy atom. The molecule has 0 saturated carbocycles. The fourth-order valence-electron chi connectivity index (χ4n) is 3.32. The zero-order chi connectivity index (χ0) is 19.2. The quantitative estimate of drug-likeness (QED) is 0.513. The maximum absolute atomic E-state index is 12.7. The molecule has 0 fully saturated rings. The predicted octanol–water partition coefficient (Wildman–Crippen LogP) is 5.12. The fourth-order valence-corrected chi connectivity index (χ4v) is 3.32. The molecule has 1 amide bonds. The molecule has 0 atom stereocenters. The summed E-state index contributed by atoms with van der Waals surface area (Å²) in [5.41, 5.74) is 2.07. The van der Waals surface area contributed by atoms with Crippen LogP contribution in [0.3, 0.4) is 0 Å². The van der Waals surface area contributed by atoms with Crippen molar-refractivity contribution < 1.29 is 9.53 Å². The first-order valence-electron chi connectivity index (χ1n) is 9.31. The number of amides is 1. The van der Waals surface area contributed by atoms with Crippen molar-refractivity contribution in [3.8, 4) is 5.75 Å². The van der Waals surface area contributed by atoms with Crippen LogP contribution in [0.25, 0.3) is 10.8 Å². The van der Waals surface area contributed by atoms with Gasteiger partial charge in [-0.15, -0.1) is 0 Å². The smallest absolute Gasteiger partial charge is 0.258 e. The maximum Gasteiger partial charge on any atom is 0.258 e. The van der Waals surface area contributed by atoms with E-state index in [1.54, 1.807) is 0 Å². The van der Waals surface area contributed by atoms with Crippen molar-refractivity contribution in [1.82, 2.24) is 5.32 Å². The van der Waals surface area contributed by atoms with Gasteiger partial charge in [-0.05, 0) is 22.6 Å². The molecule has 0 bridgehead atoms. The first-order valence-corrected chi connectivity index (χ1v) is 9.31. The third-order valence-electron chi connectivity index (χ3n) is 4.68. The summed E-state index contributed by atoms with van der Waals surface area (Å²) in [6.45, 7) is -0.0375. The summed E-state index contributed by atoms with van der Waals surface area (Å²) in [6.07, 6.45) is 0. The van der Waals surface area contributed by atoms with Crippen LogP contribution in [0.5, 0.6) is 5.75 Å². The van der Waals surface area contributed by atoms with E-state index in [0.29, 0.717) is 5.75 Å². The molecule has 28 heavy (non-hydrogen) atoms. The fraction of sp³-hybridized carbons (Fsp3) is 0.0800. The summed E-state index contributed by atoms with van der Waals surface area (Å²) in [5, 5.41) is 5.19.